The molecule has 2 rings (SSSR count). The second-order valence-corrected chi connectivity index (χ2v) is 6.28. The summed E-state index contributed by atoms with van der Waals surface area (Å²) in [4.78, 5) is 0. The Bertz CT molecular complexity index is 567. The number of benzene rings is 1. The van der Waals surface area contributed by atoms with E-state index in [2.05, 4.69) is 6.58 Å². The molecule has 17 heavy (non-hydrogen) atoms. The van der Waals surface area contributed by atoms with Gasteiger partial charge in [-0.1, -0.05) is 36.9 Å². The summed E-state index contributed by atoms with van der Waals surface area (Å²) in [5.74, 6) is 0.688. The SMILES string of the molecule is C=C/C=C1\C(=C/C)c2ccccc2OP1(C)=O. The van der Waals surface area contributed by atoms with Gasteiger partial charge in [0.25, 0.3) is 7.37 Å². The van der Waals surface area contributed by atoms with Gasteiger partial charge in [-0.25, -0.2) is 0 Å². The predicted molar refractivity (Wildman–Crippen MR) is 72.5 cm³/mol. The van der Waals surface area contributed by atoms with E-state index in [0.717, 1.165) is 16.5 Å². The van der Waals surface area contributed by atoms with Crippen LogP contribution in [0, 0.1) is 0 Å². The monoisotopic (exact) mass is 246 g/mol. The van der Waals surface area contributed by atoms with E-state index in [1.807, 2.05) is 37.3 Å². The summed E-state index contributed by atoms with van der Waals surface area (Å²) in [7, 11) is -2.80. The van der Waals surface area contributed by atoms with Crippen LogP contribution < -0.4 is 4.52 Å². The molecule has 1 heterocycles. The quantitative estimate of drug-likeness (QED) is 0.684. The van der Waals surface area contributed by atoms with Crippen LogP contribution >= 0.6 is 7.37 Å². The van der Waals surface area contributed by atoms with E-state index in [-0.39, 0.29) is 0 Å². The second kappa shape index (κ2) is 4.38. The Morgan fingerprint density at radius 1 is 1.35 bits per heavy atom. The van der Waals surface area contributed by atoms with Crippen LogP contribution in [0.3, 0.4) is 0 Å². The van der Waals surface area contributed by atoms with Crippen LogP contribution in [0.25, 0.3) is 5.57 Å². The van der Waals surface area contributed by atoms with Crippen molar-refractivity contribution >= 4 is 12.9 Å². The maximum Gasteiger partial charge on any atom is 0.274 e. The van der Waals surface area contributed by atoms with Gasteiger partial charge in [0.1, 0.15) is 5.75 Å². The van der Waals surface area contributed by atoms with Crippen LogP contribution in [-0.2, 0) is 4.57 Å². The Balaban J connectivity index is 2.72. The summed E-state index contributed by atoms with van der Waals surface area (Å²) in [6, 6.07) is 7.65. The average molecular weight is 246 g/mol. The molecular formula is C14H15O2P. The van der Waals surface area contributed by atoms with E-state index in [4.69, 9.17) is 4.52 Å². The van der Waals surface area contributed by atoms with Gasteiger partial charge in [0.2, 0.25) is 0 Å². The Hall–Kier alpha value is -1.53. The molecule has 3 heteroatoms. The standard InChI is InChI=1S/C14H15O2P/c1-4-8-14-11(5-2)12-9-6-7-10-13(12)16-17(14,3)15/h4-10H,1H2,2-3H3/b11-5-,14-8+. The van der Waals surface area contributed by atoms with Gasteiger partial charge in [-0.2, -0.15) is 0 Å². The van der Waals surface area contributed by atoms with Crippen LogP contribution in [0.15, 0.2) is 54.4 Å². The molecule has 0 bridgehead atoms. The lowest BCUT2D eigenvalue weighted by atomic mass is 10.0. The Morgan fingerprint density at radius 2 is 2.06 bits per heavy atom. The Labute approximate surface area is 102 Å². The molecule has 0 aromatic heterocycles. The number of para-hydroxylation sites is 1. The predicted octanol–water partition coefficient (Wildman–Crippen LogP) is 4.46. The van der Waals surface area contributed by atoms with Crippen LogP contribution in [-0.4, -0.2) is 6.66 Å². The maximum absolute atomic E-state index is 12.5. The van der Waals surface area contributed by atoms with E-state index in [1.54, 1.807) is 18.8 Å². The fraction of sp³-hybridized carbons (Fsp3) is 0.143. The molecule has 1 aromatic rings. The van der Waals surface area contributed by atoms with Crippen molar-refractivity contribution in [1.82, 2.24) is 0 Å². The van der Waals surface area contributed by atoms with Crippen molar-refractivity contribution in [2.45, 2.75) is 6.92 Å². The molecule has 88 valence electrons. The minimum absolute atomic E-state index is 0.688. The molecule has 1 aromatic carbocycles. The van der Waals surface area contributed by atoms with Gasteiger partial charge < -0.3 is 4.52 Å². The lowest BCUT2D eigenvalue weighted by molar-refractivity contribution is 0.492. The summed E-state index contributed by atoms with van der Waals surface area (Å²) in [5.41, 5.74) is 1.95. The second-order valence-electron chi connectivity index (χ2n) is 3.92. The van der Waals surface area contributed by atoms with Crippen molar-refractivity contribution < 1.29 is 9.09 Å². The zero-order chi connectivity index (χ0) is 12.5. The lowest BCUT2D eigenvalue weighted by Crippen LogP contribution is -2.06. The van der Waals surface area contributed by atoms with Gasteiger partial charge in [0.15, 0.2) is 0 Å². The largest absolute Gasteiger partial charge is 0.439 e. The topological polar surface area (TPSA) is 26.3 Å². The van der Waals surface area contributed by atoms with E-state index < -0.39 is 7.37 Å². The Morgan fingerprint density at radius 3 is 2.71 bits per heavy atom. The van der Waals surface area contributed by atoms with Crippen molar-refractivity contribution in [3.05, 3.63) is 60.0 Å². The van der Waals surface area contributed by atoms with Gasteiger partial charge in [0.05, 0.1) is 5.31 Å². The van der Waals surface area contributed by atoms with Gasteiger partial charge in [-0.15, -0.1) is 0 Å². The molecule has 1 aliphatic rings. The van der Waals surface area contributed by atoms with Crippen molar-refractivity contribution in [2.24, 2.45) is 0 Å². The van der Waals surface area contributed by atoms with E-state index in [0.29, 0.717) is 5.75 Å². The molecule has 0 spiro atoms. The van der Waals surface area contributed by atoms with Crippen molar-refractivity contribution in [3.8, 4) is 5.75 Å². The third kappa shape index (κ3) is 2.01. The highest BCUT2D eigenvalue weighted by atomic mass is 31.2. The molecule has 0 amide bonds. The van der Waals surface area contributed by atoms with Crippen molar-refractivity contribution in [1.29, 1.82) is 0 Å². The molecule has 1 atom stereocenters. The molecule has 0 aliphatic carbocycles. The molecule has 0 fully saturated rings. The van der Waals surface area contributed by atoms with Crippen LogP contribution in [0.5, 0.6) is 5.75 Å². The average Bonchev–Trinajstić information content (AvgIpc) is 2.29. The molecular weight excluding hydrogens is 231 g/mol. The first-order valence-corrected chi connectivity index (χ1v) is 7.54. The fourth-order valence-corrected chi connectivity index (χ4v) is 3.70. The zero-order valence-electron chi connectivity index (χ0n) is 10.0. The van der Waals surface area contributed by atoms with Crippen molar-refractivity contribution in [3.63, 3.8) is 0 Å². The van der Waals surface area contributed by atoms with Crippen LogP contribution in [0.2, 0.25) is 0 Å². The maximum atomic E-state index is 12.5. The van der Waals surface area contributed by atoms with E-state index in [1.165, 1.54) is 0 Å². The third-order valence-electron chi connectivity index (χ3n) is 2.73. The van der Waals surface area contributed by atoms with Gasteiger partial charge in [0, 0.05) is 12.2 Å². The summed E-state index contributed by atoms with van der Waals surface area (Å²) < 4.78 is 18.1. The summed E-state index contributed by atoms with van der Waals surface area (Å²) in [5, 5.41) is 0.730. The van der Waals surface area contributed by atoms with Gasteiger partial charge >= 0.3 is 0 Å². The highest BCUT2D eigenvalue weighted by molar-refractivity contribution is 7.64. The van der Waals surface area contributed by atoms with Crippen molar-refractivity contribution in [2.75, 3.05) is 6.66 Å². The van der Waals surface area contributed by atoms with E-state index in [9.17, 15) is 4.57 Å². The highest BCUT2D eigenvalue weighted by Gasteiger charge is 2.33. The van der Waals surface area contributed by atoms with Gasteiger partial charge in [-0.3, -0.25) is 4.57 Å². The molecule has 0 saturated heterocycles. The van der Waals surface area contributed by atoms with Crippen LogP contribution in [0.4, 0.5) is 0 Å². The minimum Gasteiger partial charge on any atom is -0.439 e. The number of hydrogen-bond acceptors (Lipinski definition) is 2. The highest BCUT2D eigenvalue weighted by Crippen LogP contribution is 2.61. The molecule has 0 saturated carbocycles. The molecule has 1 aliphatic heterocycles. The van der Waals surface area contributed by atoms with Crippen LogP contribution in [0.1, 0.15) is 12.5 Å². The molecule has 0 N–H and O–H groups in total. The first-order valence-electron chi connectivity index (χ1n) is 5.46. The van der Waals surface area contributed by atoms with E-state index >= 15 is 0 Å². The first-order chi connectivity index (χ1) is 8.10. The normalized spacial score (nSPS) is 27.6. The third-order valence-corrected chi connectivity index (χ3v) is 4.54. The molecule has 1 unspecified atom stereocenters. The molecule has 0 radical (unpaired) electrons. The smallest absolute Gasteiger partial charge is 0.274 e. The van der Waals surface area contributed by atoms with Gasteiger partial charge in [-0.05, 0) is 24.6 Å². The summed E-state index contributed by atoms with van der Waals surface area (Å²) >= 11 is 0. The summed E-state index contributed by atoms with van der Waals surface area (Å²) in [6.45, 7) is 7.24. The number of fused-ring (bicyclic) bond motifs is 1. The fourth-order valence-electron chi connectivity index (χ4n) is 2.00. The summed E-state index contributed by atoms with van der Waals surface area (Å²) in [6.07, 6.45) is 5.38. The lowest BCUT2D eigenvalue weighted by Gasteiger charge is -2.28. The number of allylic oxidation sites excluding steroid dienone is 5. The number of rotatable bonds is 1. The zero-order valence-corrected chi connectivity index (χ0v) is 10.9. The minimum atomic E-state index is -2.80. The Kier molecular flexibility index (Phi) is 3.08. The first kappa shape index (κ1) is 11.9. The number of hydrogen-bond donors (Lipinski definition) is 0. The molecule has 2 nitrogen and oxygen atoms in total.